The average molecular weight is 457 g/mol. The van der Waals surface area contributed by atoms with Gasteiger partial charge in [0.15, 0.2) is 0 Å². The summed E-state index contributed by atoms with van der Waals surface area (Å²) in [6, 6.07) is 9.29. The first-order valence-corrected chi connectivity index (χ1v) is 13.0. The zero-order valence-electron chi connectivity index (χ0n) is 20.9. The van der Waals surface area contributed by atoms with E-state index in [0.29, 0.717) is 17.3 Å². The molecule has 0 bridgehead atoms. The van der Waals surface area contributed by atoms with Crippen molar-refractivity contribution in [2.24, 2.45) is 11.1 Å². The number of anilines is 1. The van der Waals surface area contributed by atoms with Gasteiger partial charge in [0.2, 0.25) is 0 Å². The smallest absolute Gasteiger partial charge is 0.115 e. The van der Waals surface area contributed by atoms with E-state index < -0.39 is 0 Å². The molecule has 0 radical (unpaired) electrons. The lowest BCUT2D eigenvalue weighted by molar-refractivity contribution is 0.0383. The highest BCUT2D eigenvalue weighted by Crippen LogP contribution is 2.35. The fraction of sp³-hybridized carbons (Fsp3) is 0.643. The Bertz CT molecular complexity index is 822. The van der Waals surface area contributed by atoms with Crippen molar-refractivity contribution in [3.05, 3.63) is 40.8 Å². The highest BCUT2D eigenvalue weighted by molar-refractivity contribution is 6.01. The van der Waals surface area contributed by atoms with Crippen molar-refractivity contribution in [3.8, 4) is 0 Å². The van der Waals surface area contributed by atoms with Crippen LogP contribution in [0.4, 0.5) is 11.4 Å². The van der Waals surface area contributed by atoms with Crippen molar-refractivity contribution in [3.63, 3.8) is 0 Å². The van der Waals surface area contributed by atoms with Gasteiger partial charge in [-0.1, -0.05) is 97.1 Å². The van der Waals surface area contributed by atoms with E-state index in [1.807, 2.05) is 18.2 Å². The minimum atomic E-state index is 0.00689. The summed E-state index contributed by atoms with van der Waals surface area (Å²) >= 11 is 0. The molecule has 0 amide bonds. The van der Waals surface area contributed by atoms with Crippen LogP contribution in [0.2, 0.25) is 0 Å². The summed E-state index contributed by atoms with van der Waals surface area (Å²) in [6.45, 7) is 7.42. The maximum absolute atomic E-state index is 11.4. The van der Waals surface area contributed by atoms with Gasteiger partial charge >= 0.3 is 0 Å². The van der Waals surface area contributed by atoms with Gasteiger partial charge in [-0.25, -0.2) is 0 Å². The summed E-state index contributed by atoms with van der Waals surface area (Å²) in [5, 5.41) is 14.1. The Labute approximate surface area is 200 Å². The quantitative estimate of drug-likeness (QED) is 0.133. The molecule has 0 aromatic heterocycles. The SMILES string of the molecule is CCCCCCCCCCCCC(OCCC(C)C)c1ccc2c(NO)ccc(N=O)c2c1. The predicted octanol–water partition coefficient (Wildman–Crippen LogP) is 9.45. The number of rotatable bonds is 18. The maximum atomic E-state index is 11.4. The summed E-state index contributed by atoms with van der Waals surface area (Å²) in [5.74, 6) is 0.601. The molecule has 0 heterocycles. The van der Waals surface area contributed by atoms with E-state index in [4.69, 9.17) is 4.74 Å². The summed E-state index contributed by atoms with van der Waals surface area (Å²) in [5.41, 5.74) is 4.23. The van der Waals surface area contributed by atoms with Crippen LogP contribution in [0.15, 0.2) is 35.5 Å². The molecule has 33 heavy (non-hydrogen) atoms. The molecule has 2 aromatic rings. The zero-order valence-corrected chi connectivity index (χ0v) is 20.9. The van der Waals surface area contributed by atoms with Gasteiger partial charge in [-0.3, -0.25) is 10.7 Å². The third-order valence-corrected chi connectivity index (χ3v) is 6.44. The second-order valence-corrected chi connectivity index (χ2v) is 9.65. The molecule has 1 unspecified atom stereocenters. The van der Waals surface area contributed by atoms with Gasteiger partial charge < -0.3 is 4.74 Å². The first-order valence-electron chi connectivity index (χ1n) is 13.0. The molecule has 0 aliphatic carbocycles. The van der Waals surface area contributed by atoms with Crippen LogP contribution in [-0.4, -0.2) is 11.8 Å². The van der Waals surface area contributed by atoms with E-state index in [-0.39, 0.29) is 6.10 Å². The van der Waals surface area contributed by atoms with E-state index >= 15 is 0 Å². The number of nitrogens with one attached hydrogen (secondary N) is 1. The standard InChI is InChI=1S/C28H44N2O3/c1-4-5-6-7-8-9-10-11-12-13-14-28(33-20-19-22(2)3)23-15-16-24-25(21-23)27(30-32)18-17-26(24)29-31/h15-18,21-22,28-29,31H,4-14,19-20H2,1-3H3. The number of hydrogen-bond donors (Lipinski definition) is 2. The summed E-state index contributed by atoms with van der Waals surface area (Å²) in [4.78, 5) is 11.4. The molecule has 0 aliphatic rings. The molecule has 2 aromatic carbocycles. The number of fused-ring (bicyclic) bond motifs is 1. The van der Waals surface area contributed by atoms with Crippen molar-refractivity contribution < 1.29 is 9.94 Å². The molecule has 0 fully saturated rings. The minimum absolute atomic E-state index is 0.00689. The van der Waals surface area contributed by atoms with E-state index in [1.54, 1.807) is 12.1 Å². The van der Waals surface area contributed by atoms with Gasteiger partial charge in [-0.2, -0.15) is 0 Å². The monoisotopic (exact) mass is 456 g/mol. The van der Waals surface area contributed by atoms with Gasteiger partial charge in [0.25, 0.3) is 0 Å². The number of unbranched alkanes of at least 4 members (excludes halogenated alkanes) is 9. The van der Waals surface area contributed by atoms with Crippen LogP contribution in [-0.2, 0) is 4.74 Å². The van der Waals surface area contributed by atoms with Crippen molar-refractivity contribution in [2.75, 3.05) is 12.1 Å². The summed E-state index contributed by atoms with van der Waals surface area (Å²) in [7, 11) is 0. The Balaban J connectivity index is 1.97. The van der Waals surface area contributed by atoms with Gasteiger partial charge in [0.05, 0.1) is 11.8 Å². The fourth-order valence-corrected chi connectivity index (χ4v) is 4.34. The van der Waals surface area contributed by atoms with Gasteiger partial charge in [-0.05, 0) is 47.7 Å². The van der Waals surface area contributed by atoms with Gasteiger partial charge in [0.1, 0.15) is 5.69 Å². The number of hydrogen-bond acceptors (Lipinski definition) is 5. The summed E-state index contributed by atoms with van der Waals surface area (Å²) < 4.78 is 6.33. The number of nitrogens with zero attached hydrogens (tertiary/aromatic N) is 1. The number of ether oxygens (including phenoxy) is 1. The maximum Gasteiger partial charge on any atom is 0.115 e. The number of nitroso groups, excluding NO2 is 1. The third-order valence-electron chi connectivity index (χ3n) is 6.44. The van der Waals surface area contributed by atoms with Crippen LogP contribution in [0, 0.1) is 10.8 Å². The summed E-state index contributed by atoms with van der Waals surface area (Å²) in [6.07, 6.45) is 15.2. The molecule has 2 rings (SSSR count). The Kier molecular flexibility index (Phi) is 13.0. The van der Waals surface area contributed by atoms with E-state index in [1.165, 1.54) is 57.8 Å². The van der Waals surface area contributed by atoms with Crippen LogP contribution < -0.4 is 5.48 Å². The highest BCUT2D eigenvalue weighted by atomic mass is 16.5. The first kappa shape index (κ1) is 27.3. The van der Waals surface area contributed by atoms with Crippen molar-refractivity contribution in [1.29, 1.82) is 0 Å². The van der Waals surface area contributed by atoms with Crippen LogP contribution in [0.25, 0.3) is 10.8 Å². The second kappa shape index (κ2) is 15.8. The molecule has 0 spiro atoms. The molecule has 2 N–H and O–H groups in total. The van der Waals surface area contributed by atoms with E-state index in [0.717, 1.165) is 42.2 Å². The predicted molar refractivity (Wildman–Crippen MR) is 139 cm³/mol. The van der Waals surface area contributed by atoms with Crippen LogP contribution in [0.1, 0.15) is 109 Å². The van der Waals surface area contributed by atoms with Crippen LogP contribution in [0.5, 0.6) is 0 Å². The molecule has 0 aliphatic heterocycles. The molecule has 5 heteroatoms. The average Bonchev–Trinajstić information content (AvgIpc) is 2.82. The lowest BCUT2D eigenvalue weighted by Crippen LogP contribution is -2.08. The molecule has 184 valence electrons. The Morgan fingerprint density at radius 2 is 1.55 bits per heavy atom. The second-order valence-electron chi connectivity index (χ2n) is 9.65. The fourth-order valence-electron chi connectivity index (χ4n) is 4.34. The number of benzene rings is 2. The molecular formula is C28H44N2O3. The Morgan fingerprint density at radius 1 is 0.879 bits per heavy atom. The lowest BCUT2D eigenvalue weighted by atomic mass is 9.97. The van der Waals surface area contributed by atoms with Crippen LogP contribution >= 0.6 is 0 Å². The Hall–Kier alpha value is -1.98. The van der Waals surface area contributed by atoms with Crippen molar-refractivity contribution >= 4 is 22.1 Å². The zero-order chi connectivity index (χ0) is 23.9. The van der Waals surface area contributed by atoms with Crippen molar-refractivity contribution in [1.82, 2.24) is 0 Å². The topological polar surface area (TPSA) is 70.9 Å². The normalized spacial score (nSPS) is 12.4. The molecule has 1 atom stereocenters. The molecule has 0 saturated carbocycles. The molecule has 5 nitrogen and oxygen atoms in total. The van der Waals surface area contributed by atoms with Crippen molar-refractivity contribution in [2.45, 2.75) is 104 Å². The largest absolute Gasteiger partial charge is 0.374 e. The molecular weight excluding hydrogens is 412 g/mol. The lowest BCUT2D eigenvalue weighted by Gasteiger charge is -2.20. The van der Waals surface area contributed by atoms with Crippen LogP contribution in [0.3, 0.4) is 0 Å². The van der Waals surface area contributed by atoms with E-state index in [9.17, 15) is 10.1 Å². The highest BCUT2D eigenvalue weighted by Gasteiger charge is 2.15. The van der Waals surface area contributed by atoms with Gasteiger partial charge in [0, 0.05) is 17.4 Å². The Morgan fingerprint density at radius 3 is 2.15 bits per heavy atom. The third kappa shape index (κ3) is 9.42. The first-order chi connectivity index (χ1) is 16.1. The van der Waals surface area contributed by atoms with E-state index in [2.05, 4.69) is 31.4 Å². The minimum Gasteiger partial charge on any atom is -0.374 e. The molecule has 0 saturated heterocycles. The van der Waals surface area contributed by atoms with Gasteiger partial charge in [-0.15, -0.1) is 4.91 Å².